The molecular weight excluding hydrogens is 302 g/mol. The minimum Gasteiger partial charge on any atom is -0.508 e. The van der Waals surface area contributed by atoms with E-state index in [4.69, 9.17) is 5.11 Å². The molecule has 0 saturated heterocycles. The number of carboxylic acid groups (broad SMARTS) is 1. The van der Waals surface area contributed by atoms with E-state index in [1.54, 1.807) is 13.0 Å². The van der Waals surface area contributed by atoms with Crippen LogP contribution in [-0.2, 0) is 11.2 Å². The van der Waals surface area contributed by atoms with Gasteiger partial charge in [-0.05, 0) is 30.7 Å². The van der Waals surface area contributed by atoms with Crippen LogP contribution in [-0.4, -0.2) is 32.3 Å². The summed E-state index contributed by atoms with van der Waals surface area (Å²) in [5, 5.41) is 40.1. The Hall–Kier alpha value is -3.22. The molecular formula is C16H15NO6. The summed E-state index contributed by atoms with van der Waals surface area (Å²) in [5.74, 6) is -2.81. The molecule has 0 aliphatic rings. The van der Waals surface area contributed by atoms with Crippen LogP contribution < -0.4 is 5.32 Å². The first-order valence-corrected chi connectivity index (χ1v) is 6.65. The van der Waals surface area contributed by atoms with Crippen molar-refractivity contribution in [1.82, 2.24) is 0 Å². The molecule has 2 aromatic rings. The van der Waals surface area contributed by atoms with Crippen molar-refractivity contribution in [2.45, 2.75) is 13.3 Å². The molecule has 5 N–H and O–H groups in total. The Morgan fingerprint density at radius 1 is 1.00 bits per heavy atom. The van der Waals surface area contributed by atoms with E-state index in [0.717, 1.165) is 12.1 Å². The molecule has 0 spiro atoms. The summed E-state index contributed by atoms with van der Waals surface area (Å²) in [6.07, 6.45) is -0.339. The normalized spacial score (nSPS) is 10.3. The highest BCUT2D eigenvalue weighted by Crippen LogP contribution is 2.32. The Bertz CT molecular complexity index is 761. The number of phenols is 3. The van der Waals surface area contributed by atoms with Crippen LogP contribution in [0.1, 0.15) is 21.5 Å². The second-order valence-electron chi connectivity index (χ2n) is 5.08. The number of amides is 1. The van der Waals surface area contributed by atoms with E-state index in [2.05, 4.69) is 5.32 Å². The van der Waals surface area contributed by atoms with E-state index in [0.29, 0.717) is 11.3 Å². The number of anilines is 1. The molecule has 2 rings (SSSR count). The second kappa shape index (κ2) is 6.27. The van der Waals surface area contributed by atoms with E-state index in [-0.39, 0.29) is 23.3 Å². The Morgan fingerprint density at radius 2 is 1.61 bits per heavy atom. The summed E-state index contributed by atoms with van der Waals surface area (Å²) >= 11 is 0. The molecule has 23 heavy (non-hydrogen) atoms. The maximum atomic E-state index is 12.0. The van der Waals surface area contributed by atoms with Gasteiger partial charge in [-0.2, -0.15) is 0 Å². The molecule has 0 unspecified atom stereocenters. The lowest BCUT2D eigenvalue weighted by molar-refractivity contribution is -0.115. The number of aromatic hydroxyl groups is 3. The van der Waals surface area contributed by atoms with Gasteiger partial charge in [0.05, 0.1) is 12.0 Å². The zero-order valence-corrected chi connectivity index (χ0v) is 12.2. The standard InChI is InChI=1S/C16H15NO6/c1-8-2-9(16(22)23)4-10(3-8)17-15(21)7-12-13(19)5-11(18)6-14(12)20/h2-6,18-20H,7H2,1H3,(H,17,21)(H,22,23). The molecule has 0 aliphatic carbocycles. The van der Waals surface area contributed by atoms with Crippen molar-refractivity contribution in [2.24, 2.45) is 0 Å². The van der Waals surface area contributed by atoms with Gasteiger partial charge < -0.3 is 25.7 Å². The lowest BCUT2D eigenvalue weighted by atomic mass is 10.1. The van der Waals surface area contributed by atoms with Gasteiger partial charge in [-0.1, -0.05) is 0 Å². The number of carbonyl (C=O) groups is 2. The molecule has 0 aliphatic heterocycles. The molecule has 0 saturated carbocycles. The highest BCUT2D eigenvalue weighted by molar-refractivity contribution is 5.95. The van der Waals surface area contributed by atoms with Gasteiger partial charge >= 0.3 is 5.97 Å². The van der Waals surface area contributed by atoms with Crippen LogP contribution in [0.25, 0.3) is 0 Å². The van der Waals surface area contributed by atoms with Crippen molar-refractivity contribution in [3.05, 3.63) is 47.0 Å². The minimum atomic E-state index is -1.11. The first kappa shape index (κ1) is 16.2. The predicted octanol–water partition coefficient (Wildman–Crippen LogP) is 1.99. The molecule has 0 atom stereocenters. The summed E-state index contributed by atoms with van der Waals surface area (Å²) in [4.78, 5) is 23.0. The van der Waals surface area contributed by atoms with E-state index < -0.39 is 23.4 Å². The van der Waals surface area contributed by atoms with Gasteiger partial charge in [-0.25, -0.2) is 4.79 Å². The minimum absolute atomic E-state index is 0.0357. The maximum Gasteiger partial charge on any atom is 0.335 e. The van der Waals surface area contributed by atoms with Crippen LogP contribution in [0.3, 0.4) is 0 Å². The summed E-state index contributed by atoms with van der Waals surface area (Å²) in [7, 11) is 0. The molecule has 1 amide bonds. The van der Waals surface area contributed by atoms with Gasteiger partial charge in [0.15, 0.2) is 0 Å². The van der Waals surface area contributed by atoms with Crippen molar-refractivity contribution in [1.29, 1.82) is 0 Å². The first-order chi connectivity index (χ1) is 10.8. The molecule has 0 heterocycles. The maximum absolute atomic E-state index is 12.0. The van der Waals surface area contributed by atoms with Crippen LogP contribution >= 0.6 is 0 Å². The summed E-state index contributed by atoms with van der Waals surface area (Å²) in [6.45, 7) is 1.69. The van der Waals surface area contributed by atoms with Gasteiger partial charge in [-0.15, -0.1) is 0 Å². The van der Waals surface area contributed by atoms with E-state index in [1.165, 1.54) is 12.1 Å². The summed E-state index contributed by atoms with van der Waals surface area (Å²) in [6, 6.07) is 6.40. The van der Waals surface area contributed by atoms with Crippen LogP contribution in [0.2, 0.25) is 0 Å². The summed E-state index contributed by atoms with van der Waals surface area (Å²) in [5.41, 5.74) is 0.961. The van der Waals surface area contributed by atoms with Gasteiger partial charge in [0.1, 0.15) is 17.2 Å². The number of rotatable bonds is 4. The van der Waals surface area contributed by atoms with Gasteiger partial charge in [0, 0.05) is 23.4 Å². The third kappa shape index (κ3) is 3.91. The van der Waals surface area contributed by atoms with E-state index >= 15 is 0 Å². The number of phenolic OH excluding ortho intramolecular Hbond substituents is 3. The molecule has 7 heteroatoms. The Morgan fingerprint density at radius 3 is 2.17 bits per heavy atom. The van der Waals surface area contributed by atoms with Crippen molar-refractivity contribution in [3.63, 3.8) is 0 Å². The Balaban J connectivity index is 2.19. The second-order valence-corrected chi connectivity index (χ2v) is 5.08. The number of hydrogen-bond donors (Lipinski definition) is 5. The zero-order valence-electron chi connectivity index (χ0n) is 12.2. The smallest absolute Gasteiger partial charge is 0.335 e. The first-order valence-electron chi connectivity index (χ1n) is 6.65. The lowest BCUT2D eigenvalue weighted by Gasteiger charge is -2.10. The van der Waals surface area contributed by atoms with Crippen molar-refractivity contribution < 1.29 is 30.0 Å². The predicted molar refractivity (Wildman–Crippen MR) is 81.9 cm³/mol. The SMILES string of the molecule is Cc1cc(NC(=O)Cc2c(O)cc(O)cc2O)cc(C(=O)O)c1. The van der Waals surface area contributed by atoms with Crippen LogP contribution in [0.4, 0.5) is 5.69 Å². The van der Waals surface area contributed by atoms with Crippen LogP contribution in [0.15, 0.2) is 30.3 Å². The fourth-order valence-electron chi connectivity index (χ4n) is 2.15. The lowest BCUT2D eigenvalue weighted by Crippen LogP contribution is -2.15. The fraction of sp³-hybridized carbons (Fsp3) is 0.125. The highest BCUT2D eigenvalue weighted by atomic mass is 16.4. The molecule has 2 aromatic carbocycles. The van der Waals surface area contributed by atoms with E-state index in [1.807, 2.05) is 0 Å². The zero-order chi connectivity index (χ0) is 17.1. The van der Waals surface area contributed by atoms with Crippen molar-refractivity contribution >= 4 is 17.6 Å². The Labute approximate surface area is 131 Å². The molecule has 0 aromatic heterocycles. The molecule has 7 nitrogen and oxygen atoms in total. The molecule has 0 fully saturated rings. The third-order valence-electron chi connectivity index (χ3n) is 3.13. The number of hydrogen-bond acceptors (Lipinski definition) is 5. The van der Waals surface area contributed by atoms with Crippen molar-refractivity contribution in [2.75, 3.05) is 5.32 Å². The fourth-order valence-corrected chi connectivity index (χ4v) is 2.15. The third-order valence-corrected chi connectivity index (χ3v) is 3.13. The quantitative estimate of drug-likeness (QED) is 0.587. The number of carbonyl (C=O) groups excluding carboxylic acids is 1. The average Bonchev–Trinajstić information content (AvgIpc) is 2.42. The number of aryl methyl sites for hydroxylation is 1. The van der Waals surface area contributed by atoms with Crippen LogP contribution in [0.5, 0.6) is 17.2 Å². The van der Waals surface area contributed by atoms with Gasteiger partial charge in [-0.3, -0.25) is 4.79 Å². The van der Waals surface area contributed by atoms with Gasteiger partial charge in [0.2, 0.25) is 5.91 Å². The van der Waals surface area contributed by atoms with E-state index in [9.17, 15) is 24.9 Å². The number of nitrogens with one attached hydrogen (secondary N) is 1. The topological polar surface area (TPSA) is 127 Å². The van der Waals surface area contributed by atoms with Crippen LogP contribution in [0, 0.1) is 6.92 Å². The average molecular weight is 317 g/mol. The van der Waals surface area contributed by atoms with Gasteiger partial charge in [0.25, 0.3) is 0 Å². The largest absolute Gasteiger partial charge is 0.508 e. The monoisotopic (exact) mass is 317 g/mol. The summed E-state index contributed by atoms with van der Waals surface area (Å²) < 4.78 is 0. The highest BCUT2D eigenvalue weighted by Gasteiger charge is 2.15. The number of benzene rings is 2. The number of carboxylic acids is 1. The number of aromatic carboxylic acids is 1. The van der Waals surface area contributed by atoms with Crippen molar-refractivity contribution in [3.8, 4) is 17.2 Å². The Kier molecular flexibility index (Phi) is 4.40. The molecule has 120 valence electrons. The molecule has 0 bridgehead atoms. The molecule has 0 radical (unpaired) electrons.